The summed E-state index contributed by atoms with van der Waals surface area (Å²) in [5.41, 5.74) is 10.8. The van der Waals surface area contributed by atoms with E-state index in [1.807, 2.05) is 12.2 Å². The molecule has 0 aliphatic heterocycles. The Balaban J connectivity index is 1.14. The second kappa shape index (κ2) is 13.2. The number of hydrogen-bond acceptors (Lipinski definition) is 0. The van der Waals surface area contributed by atoms with Gasteiger partial charge in [0.05, 0.1) is 0 Å². The molecule has 0 atom stereocenters. The first-order valence-corrected chi connectivity index (χ1v) is 18.5. The second-order valence-corrected chi connectivity index (χ2v) is 14.7. The fourth-order valence-electron chi connectivity index (χ4n) is 8.11. The van der Waals surface area contributed by atoms with Crippen LogP contribution in [-0.2, 0) is 5.41 Å². The number of rotatable bonds is 5. The molecule has 0 spiro atoms. The SMILES string of the molecule is C=C/C=C\c1cc2ccccc2cc1-c1ccc2cccc(C3=C/C=C/c4ccc(-c5cc6ccccc6c6ccccc56)cc4C(C)(C)\C=C\3)c2c1. The van der Waals surface area contributed by atoms with Crippen LogP contribution < -0.4 is 0 Å². The summed E-state index contributed by atoms with van der Waals surface area (Å²) in [5.74, 6) is 0. The molecule has 252 valence electrons. The standard InChI is InChI=1S/C53H40/c1-4-5-14-41-31-39-15-6-7-16-40(39)32-49(41)43-27-25-36-19-13-24-45(50(36)34-43)37-18-12-20-38-26-28-44(35-52(38)53(2,3)30-29-37)51-33-42-17-8-9-21-46(42)47-22-10-11-23-48(47)51/h4-35H,1H2,2-3H3/b14-5-,20-12+,30-29+,37-18+. The smallest absolute Gasteiger partial charge is 0.00847 e. The van der Waals surface area contributed by atoms with Crippen LogP contribution in [0.1, 0.15) is 36.1 Å². The molecule has 8 aromatic carbocycles. The molecule has 0 saturated carbocycles. The molecule has 0 fully saturated rings. The van der Waals surface area contributed by atoms with Gasteiger partial charge in [-0.15, -0.1) is 0 Å². The highest BCUT2D eigenvalue weighted by atomic mass is 14.3. The van der Waals surface area contributed by atoms with Gasteiger partial charge in [0.1, 0.15) is 0 Å². The Morgan fingerprint density at radius 3 is 2.02 bits per heavy atom. The Hall–Kier alpha value is -6.50. The van der Waals surface area contributed by atoms with Crippen molar-refractivity contribution in [2.75, 3.05) is 0 Å². The maximum atomic E-state index is 3.92. The van der Waals surface area contributed by atoms with Crippen molar-refractivity contribution in [3.05, 3.63) is 211 Å². The molecular formula is C53H40. The van der Waals surface area contributed by atoms with Crippen LogP contribution in [0.3, 0.4) is 0 Å². The second-order valence-electron chi connectivity index (χ2n) is 14.7. The zero-order valence-electron chi connectivity index (χ0n) is 30.2. The van der Waals surface area contributed by atoms with Crippen molar-refractivity contribution in [3.8, 4) is 22.3 Å². The van der Waals surface area contributed by atoms with Gasteiger partial charge in [-0.05, 0) is 124 Å². The van der Waals surface area contributed by atoms with E-state index >= 15 is 0 Å². The summed E-state index contributed by atoms with van der Waals surface area (Å²) in [7, 11) is 0. The van der Waals surface area contributed by atoms with Crippen molar-refractivity contribution in [1.82, 2.24) is 0 Å². The van der Waals surface area contributed by atoms with E-state index in [-0.39, 0.29) is 5.41 Å². The molecule has 53 heavy (non-hydrogen) atoms. The molecule has 0 bridgehead atoms. The van der Waals surface area contributed by atoms with Crippen LogP contribution >= 0.6 is 0 Å². The van der Waals surface area contributed by atoms with Crippen LogP contribution in [0.4, 0.5) is 0 Å². The minimum atomic E-state index is -0.223. The first-order valence-electron chi connectivity index (χ1n) is 18.5. The average molecular weight is 677 g/mol. The molecule has 1 aliphatic carbocycles. The molecule has 0 N–H and O–H groups in total. The van der Waals surface area contributed by atoms with Crippen LogP contribution in [0.15, 0.2) is 189 Å². The van der Waals surface area contributed by atoms with Gasteiger partial charge < -0.3 is 0 Å². The summed E-state index contributed by atoms with van der Waals surface area (Å²) in [6.07, 6.45) is 17.5. The van der Waals surface area contributed by atoms with E-state index in [0.29, 0.717) is 0 Å². The predicted octanol–water partition coefficient (Wildman–Crippen LogP) is 14.8. The summed E-state index contributed by atoms with van der Waals surface area (Å²) in [6, 6.07) is 53.6. The third-order valence-electron chi connectivity index (χ3n) is 10.9. The van der Waals surface area contributed by atoms with Gasteiger partial charge in [-0.1, -0.05) is 184 Å². The summed E-state index contributed by atoms with van der Waals surface area (Å²) in [4.78, 5) is 0. The third-order valence-corrected chi connectivity index (χ3v) is 10.9. The molecule has 0 nitrogen and oxygen atoms in total. The number of hydrogen-bond donors (Lipinski definition) is 0. The van der Waals surface area contributed by atoms with Crippen molar-refractivity contribution in [1.29, 1.82) is 0 Å². The van der Waals surface area contributed by atoms with Crippen LogP contribution in [0, 0.1) is 0 Å². The molecule has 0 heterocycles. The van der Waals surface area contributed by atoms with E-state index in [1.54, 1.807) is 0 Å². The first kappa shape index (κ1) is 32.4. The van der Waals surface area contributed by atoms with Gasteiger partial charge in [0.2, 0.25) is 0 Å². The lowest BCUT2D eigenvalue weighted by Gasteiger charge is -2.25. The molecule has 0 amide bonds. The van der Waals surface area contributed by atoms with Crippen molar-refractivity contribution >= 4 is 60.8 Å². The number of fused-ring (bicyclic) bond motifs is 6. The van der Waals surface area contributed by atoms with Gasteiger partial charge in [-0.25, -0.2) is 0 Å². The summed E-state index contributed by atoms with van der Waals surface area (Å²) in [5, 5.41) is 10.1. The fraction of sp³-hybridized carbons (Fsp3) is 0.0566. The largest absolute Gasteiger partial charge is 0.0991 e. The van der Waals surface area contributed by atoms with E-state index in [4.69, 9.17) is 0 Å². The highest BCUT2D eigenvalue weighted by Crippen LogP contribution is 2.40. The number of allylic oxidation sites excluding steroid dienone is 7. The Kier molecular flexibility index (Phi) is 8.10. The lowest BCUT2D eigenvalue weighted by molar-refractivity contribution is 0.669. The maximum absolute atomic E-state index is 3.92. The zero-order valence-corrected chi connectivity index (χ0v) is 30.2. The first-order chi connectivity index (χ1) is 26.0. The highest BCUT2D eigenvalue weighted by Gasteiger charge is 2.22. The highest BCUT2D eigenvalue weighted by molar-refractivity contribution is 6.14. The molecule has 0 aromatic heterocycles. The topological polar surface area (TPSA) is 0 Å². The Morgan fingerprint density at radius 1 is 0.509 bits per heavy atom. The van der Waals surface area contributed by atoms with Crippen molar-refractivity contribution in [3.63, 3.8) is 0 Å². The average Bonchev–Trinajstić information content (AvgIpc) is 3.26. The van der Waals surface area contributed by atoms with Gasteiger partial charge >= 0.3 is 0 Å². The van der Waals surface area contributed by atoms with Crippen LogP contribution in [-0.4, -0.2) is 0 Å². The van der Waals surface area contributed by atoms with Gasteiger partial charge in [0.25, 0.3) is 0 Å². The lowest BCUT2D eigenvalue weighted by atomic mass is 9.79. The van der Waals surface area contributed by atoms with E-state index in [2.05, 4.69) is 202 Å². The Morgan fingerprint density at radius 2 is 1.19 bits per heavy atom. The van der Waals surface area contributed by atoms with Crippen LogP contribution in [0.25, 0.3) is 83.1 Å². The van der Waals surface area contributed by atoms with E-state index < -0.39 is 0 Å². The van der Waals surface area contributed by atoms with Crippen molar-refractivity contribution in [2.24, 2.45) is 0 Å². The maximum Gasteiger partial charge on any atom is 0.00847 e. The summed E-state index contributed by atoms with van der Waals surface area (Å²) in [6.45, 7) is 8.59. The normalized spacial score (nSPS) is 16.2. The summed E-state index contributed by atoms with van der Waals surface area (Å²) >= 11 is 0. The lowest BCUT2D eigenvalue weighted by Crippen LogP contribution is -2.15. The van der Waals surface area contributed by atoms with Crippen LogP contribution in [0.5, 0.6) is 0 Å². The van der Waals surface area contributed by atoms with Gasteiger partial charge in [-0.3, -0.25) is 0 Å². The molecule has 0 unspecified atom stereocenters. The third kappa shape index (κ3) is 5.93. The van der Waals surface area contributed by atoms with E-state index in [1.165, 1.54) is 93.2 Å². The Labute approximate surface area is 312 Å². The van der Waals surface area contributed by atoms with Gasteiger partial charge in [-0.2, -0.15) is 0 Å². The zero-order chi connectivity index (χ0) is 35.9. The van der Waals surface area contributed by atoms with Gasteiger partial charge in [0.15, 0.2) is 0 Å². The molecule has 8 aromatic rings. The quantitative estimate of drug-likeness (QED) is 0.126. The fourth-order valence-corrected chi connectivity index (χ4v) is 8.11. The van der Waals surface area contributed by atoms with E-state index in [0.717, 1.165) is 0 Å². The van der Waals surface area contributed by atoms with Crippen molar-refractivity contribution in [2.45, 2.75) is 19.3 Å². The van der Waals surface area contributed by atoms with Crippen molar-refractivity contribution < 1.29 is 0 Å². The molecule has 1 aliphatic rings. The molecule has 0 saturated heterocycles. The predicted molar refractivity (Wildman–Crippen MR) is 232 cm³/mol. The Bertz CT molecular complexity index is 2870. The van der Waals surface area contributed by atoms with Gasteiger partial charge in [0, 0.05) is 5.41 Å². The van der Waals surface area contributed by atoms with Crippen LogP contribution in [0.2, 0.25) is 0 Å². The molecule has 9 rings (SSSR count). The molecule has 0 heteroatoms. The minimum Gasteiger partial charge on any atom is -0.0991 e. The minimum absolute atomic E-state index is 0.223. The van der Waals surface area contributed by atoms with E-state index in [9.17, 15) is 0 Å². The summed E-state index contributed by atoms with van der Waals surface area (Å²) < 4.78 is 0. The number of benzene rings is 8. The molecular weight excluding hydrogens is 637 g/mol. The molecule has 0 radical (unpaired) electrons. The monoisotopic (exact) mass is 676 g/mol.